The summed E-state index contributed by atoms with van der Waals surface area (Å²) >= 11 is 0. The number of aldehydes is 1. The molecular formula is C13H17NO5. The summed E-state index contributed by atoms with van der Waals surface area (Å²) in [6.45, 7) is 1.66. The van der Waals surface area contributed by atoms with Crippen LogP contribution in [0.3, 0.4) is 0 Å². The van der Waals surface area contributed by atoms with Crippen molar-refractivity contribution in [1.29, 1.82) is 0 Å². The second kappa shape index (κ2) is 6.72. The van der Waals surface area contributed by atoms with E-state index in [1.54, 1.807) is 13.1 Å². The summed E-state index contributed by atoms with van der Waals surface area (Å²) in [5.41, 5.74) is 1.65. The van der Waals surface area contributed by atoms with Gasteiger partial charge in [0.15, 0.2) is 6.29 Å². The van der Waals surface area contributed by atoms with Crippen molar-refractivity contribution in [2.45, 2.75) is 25.7 Å². The summed E-state index contributed by atoms with van der Waals surface area (Å²) in [7, 11) is 2.61. The number of carbonyl (C=O) groups is 3. The number of esters is 2. The number of aryl methyl sites for hydroxylation is 1. The van der Waals surface area contributed by atoms with Crippen molar-refractivity contribution in [3.05, 3.63) is 23.0 Å². The normalized spacial score (nSPS) is 11.7. The molecule has 0 amide bonds. The van der Waals surface area contributed by atoms with E-state index in [0.29, 0.717) is 24.0 Å². The third-order valence-corrected chi connectivity index (χ3v) is 2.97. The number of ether oxygens (including phenoxy) is 2. The van der Waals surface area contributed by atoms with Crippen LogP contribution in [-0.4, -0.2) is 37.4 Å². The van der Waals surface area contributed by atoms with E-state index in [-0.39, 0.29) is 12.4 Å². The Morgan fingerprint density at radius 3 is 2.58 bits per heavy atom. The second-order valence-electron chi connectivity index (χ2n) is 4.08. The zero-order chi connectivity index (χ0) is 14.4. The fourth-order valence-electron chi connectivity index (χ4n) is 1.94. The SMILES string of the molecule is COC(=O)CCc1c[nH]c(C=O)c1C(C)C(=O)OC. The van der Waals surface area contributed by atoms with E-state index in [4.69, 9.17) is 0 Å². The Bertz CT molecular complexity index is 477. The van der Waals surface area contributed by atoms with E-state index in [9.17, 15) is 14.4 Å². The molecule has 104 valence electrons. The average molecular weight is 267 g/mol. The number of methoxy groups -OCH3 is 2. The number of rotatable bonds is 6. The van der Waals surface area contributed by atoms with Crippen LogP contribution in [0, 0.1) is 0 Å². The van der Waals surface area contributed by atoms with E-state index in [2.05, 4.69) is 14.5 Å². The molecule has 6 nitrogen and oxygen atoms in total. The molecule has 0 aliphatic rings. The molecule has 1 aromatic rings. The molecule has 1 heterocycles. The molecule has 1 unspecified atom stereocenters. The van der Waals surface area contributed by atoms with E-state index in [1.807, 2.05) is 0 Å². The molecule has 0 saturated heterocycles. The molecule has 1 atom stereocenters. The van der Waals surface area contributed by atoms with Crippen molar-refractivity contribution in [2.24, 2.45) is 0 Å². The van der Waals surface area contributed by atoms with Crippen molar-refractivity contribution < 1.29 is 23.9 Å². The van der Waals surface area contributed by atoms with Gasteiger partial charge in [-0.25, -0.2) is 0 Å². The van der Waals surface area contributed by atoms with E-state index in [1.165, 1.54) is 14.2 Å². The van der Waals surface area contributed by atoms with Gasteiger partial charge in [-0.2, -0.15) is 0 Å². The van der Waals surface area contributed by atoms with Crippen LogP contribution < -0.4 is 0 Å². The predicted octanol–water partition coefficient (Wildman–Crippen LogP) is 1.21. The number of hydrogen-bond acceptors (Lipinski definition) is 5. The molecule has 0 bridgehead atoms. The third kappa shape index (κ3) is 3.43. The Morgan fingerprint density at radius 1 is 1.37 bits per heavy atom. The van der Waals surface area contributed by atoms with Gasteiger partial charge >= 0.3 is 11.9 Å². The van der Waals surface area contributed by atoms with Gasteiger partial charge in [-0.1, -0.05) is 0 Å². The highest BCUT2D eigenvalue weighted by molar-refractivity contribution is 5.84. The van der Waals surface area contributed by atoms with Crippen LogP contribution >= 0.6 is 0 Å². The first kappa shape index (κ1) is 14.9. The zero-order valence-corrected chi connectivity index (χ0v) is 11.2. The van der Waals surface area contributed by atoms with Gasteiger partial charge in [0.2, 0.25) is 0 Å². The zero-order valence-electron chi connectivity index (χ0n) is 11.2. The van der Waals surface area contributed by atoms with Gasteiger partial charge in [0, 0.05) is 12.6 Å². The van der Waals surface area contributed by atoms with E-state index in [0.717, 1.165) is 5.56 Å². The molecule has 0 aliphatic heterocycles. The molecule has 6 heteroatoms. The second-order valence-corrected chi connectivity index (χ2v) is 4.08. The lowest BCUT2D eigenvalue weighted by Crippen LogP contribution is -2.14. The number of H-pyrrole nitrogens is 1. The van der Waals surface area contributed by atoms with Gasteiger partial charge in [0.1, 0.15) is 0 Å². The Hall–Kier alpha value is -2.11. The molecule has 0 fully saturated rings. The third-order valence-electron chi connectivity index (χ3n) is 2.97. The van der Waals surface area contributed by atoms with Crippen molar-refractivity contribution in [1.82, 2.24) is 4.98 Å². The standard InChI is InChI=1S/C13H17NO5/c1-8(13(17)19-3)12-9(4-5-11(16)18-2)6-14-10(12)7-15/h6-8,14H,4-5H2,1-3H3. The number of hydrogen-bond donors (Lipinski definition) is 1. The predicted molar refractivity (Wildman–Crippen MR) is 66.9 cm³/mol. The molecule has 0 aliphatic carbocycles. The van der Waals surface area contributed by atoms with Crippen molar-refractivity contribution >= 4 is 18.2 Å². The maximum atomic E-state index is 11.6. The first-order valence-electron chi connectivity index (χ1n) is 5.85. The molecule has 1 rings (SSSR count). The van der Waals surface area contributed by atoms with Gasteiger partial charge in [0.05, 0.1) is 25.8 Å². The summed E-state index contributed by atoms with van der Waals surface area (Å²) in [6, 6.07) is 0. The van der Waals surface area contributed by atoms with Gasteiger partial charge < -0.3 is 14.5 Å². The van der Waals surface area contributed by atoms with Crippen LogP contribution in [-0.2, 0) is 25.5 Å². The minimum absolute atomic E-state index is 0.188. The van der Waals surface area contributed by atoms with Gasteiger partial charge in [-0.05, 0) is 24.5 Å². The Kier molecular flexibility index (Phi) is 5.29. The molecule has 19 heavy (non-hydrogen) atoms. The lowest BCUT2D eigenvalue weighted by atomic mass is 9.95. The molecule has 1 N–H and O–H groups in total. The van der Waals surface area contributed by atoms with Crippen LogP contribution in [0.1, 0.15) is 40.9 Å². The van der Waals surface area contributed by atoms with Crippen LogP contribution in [0.2, 0.25) is 0 Å². The van der Waals surface area contributed by atoms with Crippen molar-refractivity contribution in [3.63, 3.8) is 0 Å². The number of carbonyl (C=O) groups excluding carboxylic acids is 3. The first-order valence-corrected chi connectivity index (χ1v) is 5.85. The molecule has 0 saturated carbocycles. The summed E-state index contributed by atoms with van der Waals surface area (Å²) in [6.07, 6.45) is 2.86. The van der Waals surface area contributed by atoms with Crippen molar-refractivity contribution in [2.75, 3.05) is 14.2 Å². The van der Waals surface area contributed by atoms with Crippen LogP contribution in [0.4, 0.5) is 0 Å². The van der Waals surface area contributed by atoms with Crippen LogP contribution in [0.15, 0.2) is 6.20 Å². The number of nitrogens with one attached hydrogen (secondary N) is 1. The minimum Gasteiger partial charge on any atom is -0.469 e. The van der Waals surface area contributed by atoms with E-state index < -0.39 is 11.9 Å². The maximum Gasteiger partial charge on any atom is 0.312 e. The Labute approximate surface area is 111 Å². The fraction of sp³-hybridized carbons (Fsp3) is 0.462. The molecule has 0 aromatic carbocycles. The lowest BCUT2D eigenvalue weighted by Gasteiger charge is -2.11. The largest absolute Gasteiger partial charge is 0.469 e. The first-order chi connectivity index (χ1) is 9.04. The average Bonchev–Trinajstić information content (AvgIpc) is 2.85. The summed E-state index contributed by atoms with van der Waals surface area (Å²) in [5, 5.41) is 0. The highest BCUT2D eigenvalue weighted by Crippen LogP contribution is 2.25. The fourth-order valence-corrected chi connectivity index (χ4v) is 1.94. The number of aromatic nitrogens is 1. The highest BCUT2D eigenvalue weighted by Gasteiger charge is 2.24. The topological polar surface area (TPSA) is 85.5 Å². The summed E-state index contributed by atoms with van der Waals surface area (Å²) < 4.78 is 9.24. The molecule has 1 aromatic heterocycles. The smallest absolute Gasteiger partial charge is 0.312 e. The molecule has 0 radical (unpaired) electrons. The number of aromatic amines is 1. The molecule has 0 spiro atoms. The molecular weight excluding hydrogens is 250 g/mol. The van der Waals surface area contributed by atoms with Gasteiger partial charge in [0.25, 0.3) is 0 Å². The summed E-state index contributed by atoms with van der Waals surface area (Å²) in [5.74, 6) is -1.34. The lowest BCUT2D eigenvalue weighted by molar-refractivity contribution is -0.142. The van der Waals surface area contributed by atoms with Gasteiger partial charge in [-0.3, -0.25) is 14.4 Å². The summed E-state index contributed by atoms with van der Waals surface area (Å²) in [4.78, 5) is 36.5. The van der Waals surface area contributed by atoms with Gasteiger partial charge in [-0.15, -0.1) is 0 Å². The van der Waals surface area contributed by atoms with Crippen LogP contribution in [0.25, 0.3) is 0 Å². The highest BCUT2D eigenvalue weighted by atomic mass is 16.5. The van der Waals surface area contributed by atoms with Crippen molar-refractivity contribution in [3.8, 4) is 0 Å². The quantitative estimate of drug-likeness (QED) is 0.618. The maximum absolute atomic E-state index is 11.6. The van der Waals surface area contributed by atoms with E-state index >= 15 is 0 Å². The minimum atomic E-state index is -0.566. The monoisotopic (exact) mass is 267 g/mol. The Morgan fingerprint density at radius 2 is 2.05 bits per heavy atom. The Balaban J connectivity index is 2.99. The van der Waals surface area contributed by atoms with Crippen LogP contribution in [0.5, 0.6) is 0 Å².